The lowest BCUT2D eigenvalue weighted by Gasteiger charge is -2.27. The maximum atomic E-state index is 6.53. The van der Waals surface area contributed by atoms with Gasteiger partial charge in [0.25, 0.3) is 0 Å². The SMILES string of the molecule is Cc1cccc(-c2ccc(N(c3ccc(-c4cccc5c6c(oc45)CCC=C6)cc3)c3cccc(-c4ccc5c(c4)-c4ccccc4C5(C)C)c3)cc2)c1Oc1ccccc1. The molecule has 0 N–H and O–H groups in total. The third-order valence-corrected chi connectivity index (χ3v) is 12.7. The lowest BCUT2D eigenvalue weighted by molar-refractivity contribution is 0.481. The van der Waals surface area contributed by atoms with Crippen molar-refractivity contribution in [3.8, 4) is 56.0 Å². The molecule has 11 rings (SSSR count). The fraction of sp³-hybridized carbons (Fsp3) is 0.103. The molecule has 0 saturated heterocycles. The van der Waals surface area contributed by atoms with Crippen molar-refractivity contribution in [2.45, 2.75) is 39.0 Å². The predicted octanol–water partition coefficient (Wildman–Crippen LogP) is 16.3. The van der Waals surface area contributed by atoms with E-state index in [-0.39, 0.29) is 5.41 Å². The van der Waals surface area contributed by atoms with Crippen molar-refractivity contribution in [2.75, 3.05) is 4.90 Å². The van der Waals surface area contributed by atoms with E-state index in [1.54, 1.807) is 0 Å². The standard InChI is InChI=1S/C58H45NO2/c1-38-14-11-21-47(56(38)60-46-17-5-4-6-18-46)39-26-31-43(32-27-39)59(44-33-28-40(29-34-44)48-22-13-23-51-50-20-8-10-25-55(50)61-57(48)51)45-16-12-15-41(36-45)42-30-35-54-52(37-42)49-19-7-9-24-53(49)58(54,2)3/h4-9,11-24,26-37H,10,25H2,1-3H3. The highest BCUT2D eigenvalue weighted by Gasteiger charge is 2.35. The molecule has 1 aromatic heterocycles. The van der Waals surface area contributed by atoms with Gasteiger partial charge in [0, 0.05) is 51.0 Å². The number of fused-ring (bicyclic) bond motifs is 6. The van der Waals surface area contributed by atoms with Gasteiger partial charge in [-0.1, -0.05) is 153 Å². The molecule has 61 heavy (non-hydrogen) atoms. The molecule has 9 aromatic rings. The van der Waals surface area contributed by atoms with Crippen molar-refractivity contribution in [2.24, 2.45) is 0 Å². The van der Waals surface area contributed by atoms with Crippen LogP contribution in [-0.2, 0) is 11.8 Å². The van der Waals surface area contributed by atoms with Gasteiger partial charge in [-0.05, 0) is 118 Å². The van der Waals surface area contributed by atoms with E-state index in [0.717, 1.165) is 80.6 Å². The number of rotatable bonds is 8. The molecule has 0 fully saturated rings. The number of benzene rings is 8. The van der Waals surface area contributed by atoms with Crippen molar-refractivity contribution < 1.29 is 9.15 Å². The van der Waals surface area contributed by atoms with E-state index in [0.29, 0.717) is 0 Å². The van der Waals surface area contributed by atoms with E-state index in [4.69, 9.17) is 9.15 Å². The summed E-state index contributed by atoms with van der Waals surface area (Å²) in [5.74, 6) is 2.77. The molecule has 1 heterocycles. The Kier molecular flexibility index (Phi) is 8.86. The Balaban J connectivity index is 1.000. The van der Waals surface area contributed by atoms with Gasteiger partial charge >= 0.3 is 0 Å². The Morgan fingerprint density at radius 1 is 0.525 bits per heavy atom. The number of allylic oxidation sites excluding steroid dienone is 1. The molecule has 0 aliphatic heterocycles. The fourth-order valence-corrected chi connectivity index (χ4v) is 9.57. The summed E-state index contributed by atoms with van der Waals surface area (Å²) in [5.41, 5.74) is 18.6. The van der Waals surface area contributed by atoms with Gasteiger partial charge < -0.3 is 14.1 Å². The van der Waals surface area contributed by atoms with Gasteiger partial charge in [0.2, 0.25) is 0 Å². The average molecular weight is 788 g/mol. The number of anilines is 3. The summed E-state index contributed by atoms with van der Waals surface area (Å²) >= 11 is 0. The van der Waals surface area contributed by atoms with Crippen LogP contribution in [0.5, 0.6) is 11.5 Å². The van der Waals surface area contributed by atoms with E-state index < -0.39 is 0 Å². The molecule has 0 atom stereocenters. The zero-order valence-corrected chi connectivity index (χ0v) is 34.7. The van der Waals surface area contributed by atoms with Crippen molar-refractivity contribution >= 4 is 34.1 Å². The molecule has 2 aliphatic carbocycles. The largest absolute Gasteiger partial charge is 0.460 e. The van der Waals surface area contributed by atoms with Gasteiger partial charge in [-0.3, -0.25) is 0 Å². The highest BCUT2D eigenvalue weighted by molar-refractivity contribution is 5.99. The highest BCUT2D eigenvalue weighted by atomic mass is 16.5. The van der Waals surface area contributed by atoms with Crippen LogP contribution in [0, 0.1) is 6.92 Å². The third kappa shape index (κ3) is 6.36. The van der Waals surface area contributed by atoms with E-state index >= 15 is 0 Å². The minimum absolute atomic E-state index is 0.0345. The average Bonchev–Trinajstić information content (AvgIpc) is 3.80. The quantitative estimate of drug-likeness (QED) is 0.153. The number of furan rings is 1. The van der Waals surface area contributed by atoms with Crippen LogP contribution in [0.4, 0.5) is 17.1 Å². The first-order valence-corrected chi connectivity index (χ1v) is 21.3. The minimum atomic E-state index is -0.0345. The Morgan fingerprint density at radius 3 is 1.97 bits per heavy atom. The van der Waals surface area contributed by atoms with Gasteiger partial charge in [-0.2, -0.15) is 0 Å². The van der Waals surface area contributed by atoms with E-state index in [1.807, 2.05) is 30.3 Å². The summed E-state index contributed by atoms with van der Waals surface area (Å²) in [4.78, 5) is 2.36. The van der Waals surface area contributed by atoms with Gasteiger partial charge in [0.15, 0.2) is 0 Å². The van der Waals surface area contributed by atoms with E-state index in [9.17, 15) is 0 Å². The molecule has 294 valence electrons. The van der Waals surface area contributed by atoms with Crippen LogP contribution < -0.4 is 9.64 Å². The summed E-state index contributed by atoms with van der Waals surface area (Å²) in [6, 6.07) is 65.5. The monoisotopic (exact) mass is 787 g/mol. The Bertz CT molecular complexity index is 3130. The van der Waals surface area contributed by atoms with Crippen LogP contribution in [0.2, 0.25) is 0 Å². The second kappa shape index (κ2) is 14.7. The van der Waals surface area contributed by atoms with E-state index in [2.05, 4.69) is 189 Å². The van der Waals surface area contributed by atoms with Gasteiger partial charge in [0.1, 0.15) is 22.8 Å². The molecule has 0 radical (unpaired) electrons. The summed E-state index contributed by atoms with van der Waals surface area (Å²) < 4.78 is 13.0. The molecular weight excluding hydrogens is 743 g/mol. The lowest BCUT2D eigenvalue weighted by atomic mass is 9.82. The molecule has 3 nitrogen and oxygen atoms in total. The maximum Gasteiger partial charge on any atom is 0.142 e. The number of aryl methyl sites for hydroxylation is 2. The molecule has 2 aliphatic rings. The Morgan fingerprint density at radius 2 is 1.16 bits per heavy atom. The summed E-state index contributed by atoms with van der Waals surface area (Å²) in [5, 5.41) is 1.18. The van der Waals surface area contributed by atoms with Crippen molar-refractivity contribution in [3.05, 3.63) is 216 Å². The number of ether oxygens (including phenoxy) is 1. The zero-order valence-electron chi connectivity index (χ0n) is 34.7. The molecular formula is C58H45NO2. The highest BCUT2D eigenvalue weighted by Crippen LogP contribution is 2.50. The number of hydrogen-bond donors (Lipinski definition) is 0. The van der Waals surface area contributed by atoms with E-state index in [1.165, 1.54) is 44.3 Å². The number of hydrogen-bond acceptors (Lipinski definition) is 3. The summed E-state index contributed by atoms with van der Waals surface area (Å²) in [6.45, 7) is 6.78. The molecule has 8 aromatic carbocycles. The first-order valence-electron chi connectivity index (χ1n) is 21.3. The van der Waals surface area contributed by atoms with Crippen LogP contribution in [-0.4, -0.2) is 0 Å². The topological polar surface area (TPSA) is 25.6 Å². The zero-order chi connectivity index (χ0) is 41.1. The minimum Gasteiger partial charge on any atom is -0.460 e. The molecule has 0 amide bonds. The van der Waals surface area contributed by atoms with Crippen molar-refractivity contribution in [3.63, 3.8) is 0 Å². The Hall–Kier alpha value is -7.36. The molecule has 3 heteroatoms. The number of para-hydroxylation sites is 3. The molecule has 0 saturated carbocycles. The smallest absolute Gasteiger partial charge is 0.142 e. The van der Waals surface area contributed by atoms with Crippen LogP contribution in [0.1, 0.15) is 48.3 Å². The molecule has 0 bridgehead atoms. The van der Waals surface area contributed by atoms with Crippen molar-refractivity contribution in [1.82, 2.24) is 0 Å². The fourth-order valence-electron chi connectivity index (χ4n) is 9.57. The normalized spacial score (nSPS) is 13.4. The maximum absolute atomic E-state index is 6.53. The second-order valence-electron chi connectivity index (χ2n) is 16.8. The predicted molar refractivity (Wildman–Crippen MR) is 253 cm³/mol. The Labute approximate surface area is 357 Å². The van der Waals surface area contributed by atoms with Crippen LogP contribution >= 0.6 is 0 Å². The lowest BCUT2D eigenvalue weighted by Crippen LogP contribution is -2.14. The van der Waals surface area contributed by atoms with Crippen molar-refractivity contribution in [1.29, 1.82) is 0 Å². The van der Waals surface area contributed by atoms with Gasteiger partial charge in [0.05, 0.1) is 0 Å². The van der Waals surface area contributed by atoms with Crippen LogP contribution in [0.3, 0.4) is 0 Å². The van der Waals surface area contributed by atoms with Gasteiger partial charge in [-0.25, -0.2) is 0 Å². The first kappa shape index (κ1) is 36.7. The number of nitrogens with zero attached hydrogens (tertiary/aromatic N) is 1. The second-order valence-corrected chi connectivity index (χ2v) is 16.8. The summed E-state index contributed by atoms with van der Waals surface area (Å²) in [7, 11) is 0. The third-order valence-electron chi connectivity index (χ3n) is 12.7. The van der Waals surface area contributed by atoms with Crippen LogP contribution in [0.15, 0.2) is 192 Å². The summed E-state index contributed by atoms with van der Waals surface area (Å²) in [6.07, 6.45) is 6.42. The van der Waals surface area contributed by atoms with Gasteiger partial charge in [-0.15, -0.1) is 0 Å². The first-order chi connectivity index (χ1) is 29.9. The molecule has 0 spiro atoms. The van der Waals surface area contributed by atoms with Crippen LogP contribution in [0.25, 0.3) is 61.6 Å². The molecule has 0 unspecified atom stereocenters.